The van der Waals surface area contributed by atoms with Crippen molar-refractivity contribution in [3.05, 3.63) is 21.9 Å². The van der Waals surface area contributed by atoms with Gasteiger partial charge in [0.15, 0.2) is 0 Å². The van der Waals surface area contributed by atoms with Crippen LogP contribution in [0, 0.1) is 11.8 Å². The van der Waals surface area contributed by atoms with Gasteiger partial charge in [0, 0.05) is 63.0 Å². The maximum Gasteiger partial charge on any atom is 0.258 e. The maximum absolute atomic E-state index is 11.6. The molecule has 1 aromatic rings. The van der Waals surface area contributed by atoms with Gasteiger partial charge in [-0.15, -0.1) is 11.3 Å². The second-order valence-corrected chi connectivity index (χ2v) is 8.97. The summed E-state index contributed by atoms with van der Waals surface area (Å²) in [5.74, 6) is 0.618. The number of methoxy groups -OCH3 is 1. The molecule has 2 bridgehead atoms. The Kier molecular flexibility index (Phi) is 4.57. The third-order valence-electron chi connectivity index (χ3n) is 6.62. The summed E-state index contributed by atoms with van der Waals surface area (Å²) in [4.78, 5) is 29.3. The number of carbonyl (C=O) groups excluding carboxylic acids is 2. The van der Waals surface area contributed by atoms with E-state index in [0.717, 1.165) is 43.9 Å². The van der Waals surface area contributed by atoms with Crippen molar-refractivity contribution in [2.45, 2.75) is 37.8 Å². The van der Waals surface area contributed by atoms with Gasteiger partial charge in [0.05, 0.1) is 4.88 Å². The molecule has 0 aromatic carbocycles. The molecule has 2 aliphatic heterocycles. The third kappa shape index (κ3) is 2.68. The molecule has 6 nitrogen and oxygen atoms in total. The average molecular weight is 378 g/mol. The van der Waals surface area contributed by atoms with E-state index in [2.05, 4.69) is 4.90 Å². The quantitative estimate of drug-likeness (QED) is 0.866. The van der Waals surface area contributed by atoms with Gasteiger partial charge >= 0.3 is 0 Å². The Morgan fingerprint density at radius 2 is 1.85 bits per heavy atom. The maximum atomic E-state index is 11.6. The highest BCUT2D eigenvalue weighted by Crippen LogP contribution is 2.53. The number of carbonyl (C=O) groups is 2. The van der Waals surface area contributed by atoms with Crippen LogP contribution in [-0.4, -0.2) is 60.9 Å². The molecule has 2 N–H and O–H groups in total. The predicted molar refractivity (Wildman–Crippen MR) is 100.0 cm³/mol. The van der Waals surface area contributed by atoms with Crippen LogP contribution in [0.2, 0.25) is 0 Å². The highest BCUT2D eigenvalue weighted by molar-refractivity contribution is 7.14. The fourth-order valence-electron chi connectivity index (χ4n) is 5.23. The normalized spacial score (nSPS) is 32.3. The van der Waals surface area contributed by atoms with E-state index in [4.69, 9.17) is 10.5 Å². The molecule has 2 unspecified atom stereocenters. The van der Waals surface area contributed by atoms with Crippen molar-refractivity contribution < 1.29 is 14.3 Å². The van der Waals surface area contributed by atoms with Gasteiger partial charge in [-0.05, 0) is 25.0 Å². The van der Waals surface area contributed by atoms with Gasteiger partial charge in [-0.1, -0.05) is 6.42 Å². The third-order valence-corrected chi connectivity index (χ3v) is 7.86. The van der Waals surface area contributed by atoms with Crippen LogP contribution in [0.4, 0.5) is 0 Å². The second kappa shape index (κ2) is 6.62. The number of primary amides is 1. The van der Waals surface area contributed by atoms with E-state index in [0.29, 0.717) is 22.8 Å². The van der Waals surface area contributed by atoms with Crippen LogP contribution in [-0.2, 0) is 15.1 Å². The van der Waals surface area contributed by atoms with Crippen LogP contribution in [0.3, 0.4) is 0 Å². The standard InChI is InChI=1S/C19H27N3O3S/c1-12(23)21-10-15(11-21)22-8-13-4-3-5-14(9-22)19(13,25-2)17-7-6-16(26-17)18(20)24/h6-7,13-15H,3-5,8-11H2,1-2H3,(H2,20,24). The first kappa shape index (κ1) is 17.9. The highest BCUT2D eigenvalue weighted by atomic mass is 32.1. The summed E-state index contributed by atoms with van der Waals surface area (Å²) in [7, 11) is 1.81. The molecule has 3 aliphatic rings. The number of nitrogens with two attached hydrogens (primary N) is 1. The number of hydrogen-bond acceptors (Lipinski definition) is 5. The van der Waals surface area contributed by atoms with E-state index >= 15 is 0 Å². The van der Waals surface area contributed by atoms with E-state index in [1.165, 1.54) is 17.8 Å². The largest absolute Gasteiger partial charge is 0.372 e. The molecule has 142 valence electrons. The van der Waals surface area contributed by atoms with Gasteiger partial charge in [0.1, 0.15) is 5.60 Å². The Labute approximate surface area is 158 Å². The zero-order valence-electron chi connectivity index (χ0n) is 15.4. The lowest BCUT2D eigenvalue weighted by Crippen LogP contribution is -2.67. The second-order valence-electron chi connectivity index (χ2n) is 7.88. The average Bonchev–Trinajstić information content (AvgIpc) is 3.02. The summed E-state index contributed by atoms with van der Waals surface area (Å²) in [6.45, 7) is 5.32. The zero-order chi connectivity index (χ0) is 18.5. The first-order chi connectivity index (χ1) is 12.5. The molecule has 4 rings (SSSR count). The topological polar surface area (TPSA) is 75.9 Å². The molecule has 7 heteroatoms. The molecule has 1 saturated carbocycles. The van der Waals surface area contributed by atoms with Crippen molar-refractivity contribution in [2.24, 2.45) is 17.6 Å². The number of amides is 2. The van der Waals surface area contributed by atoms with Crippen LogP contribution in [0.5, 0.6) is 0 Å². The number of likely N-dealkylation sites (tertiary alicyclic amines) is 2. The van der Waals surface area contributed by atoms with Crippen molar-refractivity contribution in [3.63, 3.8) is 0 Å². The van der Waals surface area contributed by atoms with Gasteiger partial charge in [-0.2, -0.15) is 0 Å². The first-order valence-electron chi connectivity index (χ1n) is 9.40. The van der Waals surface area contributed by atoms with E-state index < -0.39 is 0 Å². The first-order valence-corrected chi connectivity index (χ1v) is 10.2. The summed E-state index contributed by atoms with van der Waals surface area (Å²) < 4.78 is 6.23. The van der Waals surface area contributed by atoms with Crippen LogP contribution in [0.25, 0.3) is 0 Å². The van der Waals surface area contributed by atoms with Crippen molar-refractivity contribution >= 4 is 23.2 Å². The molecule has 1 aromatic heterocycles. The highest BCUT2D eigenvalue weighted by Gasteiger charge is 2.55. The summed E-state index contributed by atoms with van der Waals surface area (Å²) >= 11 is 1.49. The molecular formula is C19H27N3O3S. The summed E-state index contributed by atoms with van der Waals surface area (Å²) in [6, 6.07) is 4.35. The fourth-order valence-corrected chi connectivity index (χ4v) is 6.41. The molecular weight excluding hydrogens is 350 g/mol. The zero-order valence-corrected chi connectivity index (χ0v) is 16.3. The van der Waals surface area contributed by atoms with Crippen molar-refractivity contribution in [3.8, 4) is 0 Å². The molecule has 2 saturated heterocycles. The van der Waals surface area contributed by atoms with Crippen LogP contribution in [0.15, 0.2) is 12.1 Å². The minimum absolute atomic E-state index is 0.169. The number of nitrogens with zero attached hydrogens (tertiary/aromatic N) is 2. The lowest BCUT2D eigenvalue weighted by atomic mass is 9.64. The van der Waals surface area contributed by atoms with Crippen molar-refractivity contribution in [1.82, 2.24) is 9.80 Å². The van der Waals surface area contributed by atoms with Gasteiger partial charge in [-0.3, -0.25) is 14.5 Å². The molecule has 3 heterocycles. The Hall–Kier alpha value is -1.44. The SMILES string of the molecule is COC1(c2ccc(C(N)=O)s2)C2CCCC1CN(C1CN(C(C)=O)C1)C2. The van der Waals surface area contributed by atoms with E-state index in [1.807, 2.05) is 24.1 Å². The van der Waals surface area contributed by atoms with Gasteiger partial charge < -0.3 is 15.4 Å². The molecule has 2 amide bonds. The van der Waals surface area contributed by atoms with Gasteiger partial charge in [0.2, 0.25) is 5.91 Å². The van der Waals surface area contributed by atoms with E-state index in [-0.39, 0.29) is 17.4 Å². The molecule has 0 spiro atoms. The van der Waals surface area contributed by atoms with Gasteiger partial charge in [-0.25, -0.2) is 0 Å². The number of thiophene rings is 1. The lowest BCUT2D eigenvalue weighted by Gasteiger charge is -2.58. The predicted octanol–water partition coefficient (Wildman–Crippen LogP) is 1.65. The lowest BCUT2D eigenvalue weighted by molar-refractivity contribution is -0.180. The number of piperidine rings is 1. The Morgan fingerprint density at radius 3 is 2.35 bits per heavy atom. The minimum atomic E-state index is -0.367. The summed E-state index contributed by atoms with van der Waals surface area (Å²) in [5, 5.41) is 0. The molecule has 1 aliphatic carbocycles. The molecule has 0 radical (unpaired) electrons. The van der Waals surface area contributed by atoms with Crippen LogP contribution < -0.4 is 5.73 Å². The van der Waals surface area contributed by atoms with Crippen molar-refractivity contribution in [1.29, 1.82) is 0 Å². The number of ether oxygens (including phenoxy) is 1. The van der Waals surface area contributed by atoms with E-state index in [1.54, 1.807) is 6.92 Å². The Morgan fingerprint density at radius 1 is 1.19 bits per heavy atom. The summed E-state index contributed by atoms with van der Waals surface area (Å²) in [6.07, 6.45) is 3.49. The number of fused-ring (bicyclic) bond motifs is 2. The summed E-state index contributed by atoms with van der Waals surface area (Å²) in [5.41, 5.74) is 5.16. The molecule has 3 fully saturated rings. The van der Waals surface area contributed by atoms with E-state index in [9.17, 15) is 9.59 Å². The Bertz CT molecular complexity index is 699. The minimum Gasteiger partial charge on any atom is -0.372 e. The Balaban J connectivity index is 1.57. The van der Waals surface area contributed by atoms with Crippen LogP contribution >= 0.6 is 11.3 Å². The van der Waals surface area contributed by atoms with Gasteiger partial charge in [0.25, 0.3) is 5.91 Å². The van der Waals surface area contributed by atoms with Crippen molar-refractivity contribution in [2.75, 3.05) is 33.3 Å². The molecule has 26 heavy (non-hydrogen) atoms. The molecule has 2 atom stereocenters. The monoisotopic (exact) mass is 377 g/mol. The fraction of sp³-hybridized carbons (Fsp3) is 0.684. The number of rotatable bonds is 4. The smallest absolute Gasteiger partial charge is 0.258 e. The van der Waals surface area contributed by atoms with Crippen LogP contribution in [0.1, 0.15) is 40.7 Å². The number of hydrogen-bond donors (Lipinski definition) is 1.